The molecule has 2 aromatic heterocycles. The Balaban J connectivity index is 1.57. The number of alkyl halides is 2. The number of piperidine rings is 1. The Hall–Kier alpha value is -2.84. The van der Waals surface area contributed by atoms with Crippen molar-refractivity contribution in [3.63, 3.8) is 0 Å². The Morgan fingerprint density at radius 3 is 2.82 bits per heavy atom. The van der Waals surface area contributed by atoms with Gasteiger partial charge >= 0.3 is 0 Å². The van der Waals surface area contributed by atoms with Gasteiger partial charge in [-0.2, -0.15) is 5.10 Å². The second-order valence-corrected chi connectivity index (χ2v) is 7.43. The predicted octanol–water partition coefficient (Wildman–Crippen LogP) is 2.41. The van der Waals surface area contributed by atoms with Crippen molar-refractivity contribution in [1.29, 1.82) is 0 Å². The van der Waals surface area contributed by atoms with Crippen LogP contribution < -0.4 is 4.90 Å². The average molecular weight is 389 g/mol. The van der Waals surface area contributed by atoms with Gasteiger partial charge in [-0.15, -0.1) is 0 Å². The quantitative estimate of drug-likeness (QED) is 0.808. The van der Waals surface area contributed by atoms with Crippen molar-refractivity contribution in [3.05, 3.63) is 42.0 Å². The third kappa shape index (κ3) is 3.04. The summed E-state index contributed by atoms with van der Waals surface area (Å²) < 4.78 is 27.7. The van der Waals surface area contributed by atoms with Crippen LogP contribution in [0.4, 0.5) is 14.5 Å². The van der Waals surface area contributed by atoms with Gasteiger partial charge in [0.25, 0.3) is 12.3 Å². The van der Waals surface area contributed by atoms with Crippen molar-refractivity contribution in [1.82, 2.24) is 19.7 Å². The molecule has 2 fully saturated rings. The minimum Gasteiger partial charge on any atom is -0.337 e. The molecule has 2 aliphatic heterocycles. The molecular weight excluding hydrogens is 368 g/mol. The third-order valence-corrected chi connectivity index (χ3v) is 5.63. The smallest absolute Gasteiger partial charge is 0.282 e. The van der Waals surface area contributed by atoms with Crippen molar-refractivity contribution in [3.8, 4) is 0 Å². The molecule has 4 rings (SSSR count). The number of aryl methyl sites for hydroxylation is 1. The van der Waals surface area contributed by atoms with Gasteiger partial charge in [0, 0.05) is 39.1 Å². The van der Waals surface area contributed by atoms with E-state index in [-0.39, 0.29) is 18.0 Å². The van der Waals surface area contributed by atoms with Crippen LogP contribution in [-0.4, -0.2) is 51.1 Å². The SMILES string of the molecule is Cn1cc(C(=O)N2CCC[C@]3(CCN(c4cccnc4)C3=O)C2)c(C(F)F)n1. The molecule has 0 aliphatic carbocycles. The first kappa shape index (κ1) is 18.5. The van der Waals surface area contributed by atoms with Crippen LogP contribution in [0.1, 0.15) is 41.7 Å². The lowest BCUT2D eigenvalue weighted by molar-refractivity contribution is -0.127. The molecule has 7 nitrogen and oxygen atoms in total. The maximum atomic E-state index is 13.3. The molecule has 28 heavy (non-hydrogen) atoms. The summed E-state index contributed by atoms with van der Waals surface area (Å²) in [7, 11) is 1.51. The summed E-state index contributed by atoms with van der Waals surface area (Å²) >= 11 is 0. The van der Waals surface area contributed by atoms with Crippen LogP contribution >= 0.6 is 0 Å². The van der Waals surface area contributed by atoms with E-state index in [4.69, 9.17) is 0 Å². The summed E-state index contributed by atoms with van der Waals surface area (Å²) in [5.74, 6) is -0.520. The van der Waals surface area contributed by atoms with Gasteiger partial charge < -0.3 is 9.80 Å². The molecule has 2 aromatic rings. The summed E-state index contributed by atoms with van der Waals surface area (Å²) in [6, 6.07) is 3.61. The van der Waals surface area contributed by atoms with Crippen LogP contribution in [-0.2, 0) is 11.8 Å². The van der Waals surface area contributed by atoms with E-state index in [1.165, 1.54) is 22.8 Å². The number of anilines is 1. The van der Waals surface area contributed by atoms with Crippen LogP contribution in [0, 0.1) is 5.41 Å². The fourth-order valence-corrected chi connectivity index (χ4v) is 4.27. The first-order chi connectivity index (χ1) is 13.4. The molecule has 0 radical (unpaired) electrons. The summed E-state index contributed by atoms with van der Waals surface area (Å²) in [6.45, 7) is 1.24. The molecule has 1 spiro atoms. The van der Waals surface area contributed by atoms with Gasteiger partial charge in [-0.1, -0.05) is 0 Å². The van der Waals surface area contributed by atoms with Crippen molar-refractivity contribution < 1.29 is 18.4 Å². The highest BCUT2D eigenvalue weighted by molar-refractivity contribution is 6.01. The summed E-state index contributed by atoms with van der Waals surface area (Å²) in [4.78, 5) is 33.4. The number of aromatic nitrogens is 3. The first-order valence-electron chi connectivity index (χ1n) is 9.24. The van der Waals surface area contributed by atoms with Crippen molar-refractivity contribution in [2.45, 2.75) is 25.7 Å². The number of nitrogens with zero attached hydrogens (tertiary/aromatic N) is 5. The highest BCUT2D eigenvalue weighted by Gasteiger charge is 2.50. The average Bonchev–Trinajstić information content (AvgIpc) is 3.23. The molecule has 0 bridgehead atoms. The Kier molecular flexibility index (Phi) is 4.60. The number of likely N-dealkylation sites (tertiary alicyclic amines) is 1. The lowest BCUT2D eigenvalue weighted by Crippen LogP contribution is -2.50. The maximum absolute atomic E-state index is 13.3. The minimum atomic E-state index is -2.83. The molecule has 148 valence electrons. The van der Waals surface area contributed by atoms with Gasteiger partial charge in [0.1, 0.15) is 5.69 Å². The highest BCUT2D eigenvalue weighted by Crippen LogP contribution is 2.42. The summed E-state index contributed by atoms with van der Waals surface area (Å²) in [5.41, 5.74) is -0.539. The van der Waals surface area contributed by atoms with Gasteiger partial charge in [0.05, 0.1) is 22.9 Å². The second-order valence-electron chi connectivity index (χ2n) is 7.43. The zero-order valence-electron chi connectivity index (χ0n) is 15.5. The molecule has 0 unspecified atom stereocenters. The van der Waals surface area contributed by atoms with Crippen LogP contribution in [0.5, 0.6) is 0 Å². The largest absolute Gasteiger partial charge is 0.337 e. The van der Waals surface area contributed by atoms with Gasteiger partial charge in [0.2, 0.25) is 5.91 Å². The molecule has 2 amide bonds. The standard InChI is InChI=1S/C19H21F2N5O2/c1-24-11-14(15(23-24)16(20)21)17(27)25-8-3-5-19(12-25)6-9-26(18(19)28)13-4-2-7-22-10-13/h2,4,7,10-11,16H,3,5-6,8-9,12H2,1H3/t19-/m0/s1. The number of carbonyl (C=O) groups excluding carboxylic acids is 2. The summed E-state index contributed by atoms with van der Waals surface area (Å²) in [6.07, 6.45) is 3.75. The van der Waals surface area contributed by atoms with Crippen LogP contribution in [0.3, 0.4) is 0 Å². The zero-order chi connectivity index (χ0) is 19.9. The van der Waals surface area contributed by atoms with E-state index in [1.54, 1.807) is 23.4 Å². The van der Waals surface area contributed by atoms with Gasteiger partial charge in [-0.3, -0.25) is 19.3 Å². The third-order valence-electron chi connectivity index (χ3n) is 5.63. The summed E-state index contributed by atoms with van der Waals surface area (Å²) in [5, 5.41) is 3.72. The number of halogens is 2. The molecule has 4 heterocycles. The van der Waals surface area contributed by atoms with Crippen molar-refractivity contribution >= 4 is 17.5 Å². The number of pyridine rings is 1. The number of carbonyl (C=O) groups is 2. The fourth-order valence-electron chi connectivity index (χ4n) is 4.27. The number of rotatable bonds is 3. The van der Waals surface area contributed by atoms with E-state index in [0.717, 1.165) is 5.69 Å². The fraction of sp³-hybridized carbons (Fsp3) is 0.474. The van der Waals surface area contributed by atoms with E-state index in [9.17, 15) is 18.4 Å². The van der Waals surface area contributed by atoms with E-state index in [2.05, 4.69) is 10.1 Å². The van der Waals surface area contributed by atoms with Crippen LogP contribution in [0.2, 0.25) is 0 Å². The molecule has 1 atom stereocenters. The molecular formula is C19H21F2N5O2. The Labute approximate surface area is 160 Å². The lowest BCUT2D eigenvalue weighted by atomic mass is 9.78. The molecule has 0 aromatic carbocycles. The molecule has 9 heteroatoms. The van der Waals surface area contributed by atoms with Gasteiger partial charge in [-0.25, -0.2) is 8.78 Å². The molecule has 2 aliphatic rings. The van der Waals surface area contributed by atoms with Crippen LogP contribution in [0.15, 0.2) is 30.7 Å². The molecule has 0 saturated carbocycles. The number of hydrogen-bond donors (Lipinski definition) is 0. The lowest BCUT2D eigenvalue weighted by Gasteiger charge is -2.39. The number of amides is 2. The maximum Gasteiger partial charge on any atom is 0.282 e. The van der Waals surface area contributed by atoms with E-state index in [0.29, 0.717) is 32.4 Å². The zero-order valence-corrected chi connectivity index (χ0v) is 15.5. The number of hydrogen-bond acceptors (Lipinski definition) is 4. The monoisotopic (exact) mass is 389 g/mol. The Morgan fingerprint density at radius 1 is 1.29 bits per heavy atom. The normalized spacial score (nSPS) is 22.5. The van der Waals surface area contributed by atoms with E-state index in [1.807, 2.05) is 6.07 Å². The molecule has 2 saturated heterocycles. The van der Waals surface area contributed by atoms with Crippen molar-refractivity contribution in [2.75, 3.05) is 24.5 Å². The first-order valence-corrected chi connectivity index (χ1v) is 9.24. The second kappa shape index (κ2) is 6.96. The topological polar surface area (TPSA) is 71.3 Å². The van der Waals surface area contributed by atoms with Gasteiger partial charge in [0.15, 0.2) is 0 Å². The highest BCUT2D eigenvalue weighted by atomic mass is 19.3. The Morgan fingerprint density at radius 2 is 2.11 bits per heavy atom. The minimum absolute atomic E-state index is 0.0294. The van der Waals surface area contributed by atoms with E-state index < -0.39 is 23.4 Å². The van der Waals surface area contributed by atoms with Gasteiger partial charge in [-0.05, 0) is 31.4 Å². The van der Waals surface area contributed by atoms with Crippen LogP contribution in [0.25, 0.3) is 0 Å². The van der Waals surface area contributed by atoms with Crippen molar-refractivity contribution in [2.24, 2.45) is 12.5 Å². The molecule has 0 N–H and O–H groups in total. The van der Waals surface area contributed by atoms with E-state index >= 15 is 0 Å². The Bertz CT molecular complexity index is 901. The predicted molar refractivity (Wildman–Crippen MR) is 96.9 cm³/mol.